The fourth-order valence-electron chi connectivity index (χ4n) is 2.41. The third-order valence-corrected chi connectivity index (χ3v) is 3.17. The highest BCUT2D eigenvalue weighted by Gasteiger charge is 2.31. The molecule has 18 heavy (non-hydrogen) atoms. The van der Waals surface area contributed by atoms with E-state index in [1.807, 2.05) is 0 Å². The molecule has 5 nitrogen and oxygen atoms in total. The molecule has 104 valence electrons. The van der Waals surface area contributed by atoms with Crippen molar-refractivity contribution in [2.24, 2.45) is 11.3 Å². The Morgan fingerprint density at radius 2 is 1.94 bits per heavy atom. The van der Waals surface area contributed by atoms with Gasteiger partial charge in [-0.25, -0.2) is 4.79 Å². The van der Waals surface area contributed by atoms with E-state index in [1.54, 1.807) is 11.9 Å². The van der Waals surface area contributed by atoms with Crippen LogP contribution in [-0.2, 0) is 4.79 Å². The van der Waals surface area contributed by atoms with Crippen molar-refractivity contribution in [1.82, 2.24) is 10.2 Å². The molecule has 1 aliphatic rings. The van der Waals surface area contributed by atoms with Gasteiger partial charge < -0.3 is 15.3 Å². The molecule has 2 N–H and O–H groups in total. The molecule has 1 aliphatic carbocycles. The molecule has 0 bridgehead atoms. The van der Waals surface area contributed by atoms with E-state index < -0.39 is 5.97 Å². The number of carbonyl (C=O) groups excluding carboxylic acids is 1. The quantitative estimate of drug-likeness (QED) is 0.810. The van der Waals surface area contributed by atoms with E-state index in [0.29, 0.717) is 19.4 Å². The molecule has 2 unspecified atom stereocenters. The average molecular weight is 256 g/mol. The second kappa shape index (κ2) is 5.59. The van der Waals surface area contributed by atoms with Crippen LogP contribution in [0.15, 0.2) is 0 Å². The second-order valence-corrected chi connectivity index (χ2v) is 6.41. The van der Waals surface area contributed by atoms with E-state index >= 15 is 0 Å². The van der Waals surface area contributed by atoms with Crippen LogP contribution in [0.4, 0.5) is 4.79 Å². The summed E-state index contributed by atoms with van der Waals surface area (Å²) in [5.41, 5.74) is 0.0609. The normalized spacial score (nSPS) is 23.8. The molecule has 0 aromatic carbocycles. The van der Waals surface area contributed by atoms with E-state index in [1.165, 1.54) is 0 Å². The Bertz CT molecular complexity index is 323. The number of carboxylic acid groups (broad SMARTS) is 1. The number of nitrogens with one attached hydrogen (secondary N) is 1. The molecule has 0 radical (unpaired) electrons. The van der Waals surface area contributed by atoms with Gasteiger partial charge in [0.1, 0.15) is 0 Å². The molecule has 2 atom stereocenters. The zero-order valence-corrected chi connectivity index (χ0v) is 11.7. The van der Waals surface area contributed by atoms with Crippen LogP contribution in [0.2, 0.25) is 0 Å². The summed E-state index contributed by atoms with van der Waals surface area (Å²) < 4.78 is 0. The molecule has 0 saturated heterocycles. The third kappa shape index (κ3) is 4.55. The summed E-state index contributed by atoms with van der Waals surface area (Å²) in [7, 11) is 1.77. The van der Waals surface area contributed by atoms with E-state index in [4.69, 9.17) is 5.11 Å². The van der Waals surface area contributed by atoms with Gasteiger partial charge in [0.05, 0.1) is 5.92 Å². The lowest BCUT2D eigenvalue weighted by molar-refractivity contribution is -0.141. The van der Waals surface area contributed by atoms with Crippen molar-refractivity contribution in [1.29, 1.82) is 0 Å². The molecule has 0 spiro atoms. The fraction of sp³-hybridized carbons (Fsp3) is 0.846. The second-order valence-electron chi connectivity index (χ2n) is 6.41. The Morgan fingerprint density at radius 1 is 1.33 bits per heavy atom. The van der Waals surface area contributed by atoms with E-state index in [9.17, 15) is 9.59 Å². The Morgan fingerprint density at radius 3 is 2.39 bits per heavy atom. The van der Waals surface area contributed by atoms with Crippen molar-refractivity contribution < 1.29 is 14.7 Å². The van der Waals surface area contributed by atoms with Crippen molar-refractivity contribution in [2.45, 2.75) is 46.1 Å². The lowest BCUT2D eigenvalue weighted by atomic mass is 9.96. The van der Waals surface area contributed by atoms with Crippen LogP contribution in [-0.4, -0.2) is 41.6 Å². The number of urea groups is 1. The maximum atomic E-state index is 11.9. The molecule has 0 aliphatic heterocycles. The average Bonchev–Trinajstić information content (AvgIpc) is 2.63. The molecular formula is C13H24N2O3. The number of amides is 2. The van der Waals surface area contributed by atoms with E-state index in [2.05, 4.69) is 26.1 Å². The molecule has 0 aromatic rings. The third-order valence-electron chi connectivity index (χ3n) is 3.17. The van der Waals surface area contributed by atoms with Crippen LogP contribution in [0.25, 0.3) is 0 Å². The van der Waals surface area contributed by atoms with Crippen molar-refractivity contribution >= 4 is 12.0 Å². The molecule has 5 heteroatoms. The summed E-state index contributed by atoms with van der Waals surface area (Å²) in [4.78, 5) is 24.4. The summed E-state index contributed by atoms with van der Waals surface area (Å²) >= 11 is 0. The highest BCUT2D eigenvalue weighted by Crippen LogP contribution is 2.25. The van der Waals surface area contributed by atoms with Gasteiger partial charge in [0, 0.05) is 19.6 Å². The fourth-order valence-corrected chi connectivity index (χ4v) is 2.41. The zero-order chi connectivity index (χ0) is 13.9. The minimum Gasteiger partial charge on any atom is -0.481 e. The zero-order valence-electron chi connectivity index (χ0n) is 11.7. The SMILES string of the molecule is CN(CC(C)(C)C)C(=O)NC1CCC(C(=O)O)C1. The first kappa shape index (κ1) is 14.8. The molecule has 0 heterocycles. The molecule has 1 fully saturated rings. The highest BCUT2D eigenvalue weighted by atomic mass is 16.4. The van der Waals surface area contributed by atoms with Crippen molar-refractivity contribution in [2.75, 3.05) is 13.6 Å². The van der Waals surface area contributed by atoms with Gasteiger partial charge in [-0.3, -0.25) is 4.79 Å². The van der Waals surface area contributed by atoms with Gasteiger partial charge in [-0.15, -0.1) is 0 Å². The largest absolute Gasteiger partial charge is 0.481 e. The summed E-state index contributed by atoms with van der Waals surface area (Å²) in [6, 6.07) is -0.109. The van der Waals surface area contributed by atoms with Gasteiger partial charge in [0.15, 0.2) is 0 Å². The van der Waals surface area contributed by atoms with Crippen LogP contribution in [0.5, 0.6) is 0 Å². The van der Waals surface area contributed by atoms with Crippen LogP contribution in [0.3, 0.4) is 0 Å². The topological polar surface area (TPSA) is 69.6 Å². The van der Waals surface area contributed by atoms with Crippen molar-refractivity contribution in [3.05, 3.63) is 0 Å². The smallest absolute Gasteiger partial charge is 0.317 e. The summed E-state index contributed by atoms with van der Waals surface area (Å²) in [5.74, 6) is -1.06. The van der Waals surface area contributed by atoms with Gasteiger partial charge in [0.25, 0.3) is 0 Å². The molecule has 0 aromatic heterocycles. The first-order valence-corrected chi connectivity index (χ1v) is 6.43. The van der Waals surface area contributed by atoms with Crippen LogP contribution in [0, 0.1) is 11.3 Å². The van der Waals surface area contributed by atoms with Crippen LogP contribution < -0.4 is 5.32 Å². The van der Waals surface area contributed by atoms with Gasteiger partial charge >= 0.3 is 12.0 Å². The molecule has 1 rings (SSSR count). The highest BCUT2D eigenvalue weighted by molar-refractivity contribution is 5.75. The van der Waals surface area contributed by atoms with Gasteiger partial charge in [-0.2, -0.15) is 0 Å². The molecular weight excluding hydrogens is 232 g/mol. The minimum absolute atomic E-state index is 0.000943. The first-order valence-electron chi connectivity index (χ1n) is 6.43. The number of carbonyl (C=O) groups is 2. The minimum atomic E-state index is -0.755. The Kier molecular flexibility index (Phi) is 4.59. The van der Waals surface area contributed by atoms with Crippen molar-refractivity contribution in [3.63, 3.8) is 0 Å². The number of aliphatic carboxylic acids is 1. The Hall–Kier alpha value is -1.26. The summed E-state index contributed by atoms with van der Waals surface area (Å²) in [5, 5.41) is 11.8. The maximum Gasteiger partial charge on any atom is 0.317 e. The number of hydrogen-bond donors (Lipinski definition) is 2. The number of hydrogen-bond acceptors (Lipinski definition) is 2. The summed E-state index contributed by atoms with van der Waals surface area (Å²) in [6.07, 6.45) is 1.96. The standard InChI is InChI=1S/C13H24N2O3/c1-13(2,3)8-15(4)12(18)14-10-6-5-9(7-10)11(16)17/h9-10H,5-8H2,1-4H3,(H,14,18)(H,16,17). The van der Waals surface area contributed by atoms with Crippen molar-refractivity contribution in [3.8, 4) is 0 Å². The lowest BCUT2D eigenvalue weighted by Gasteiger charge is -2.28. The Balaban J connectivity index is 2.39. The number of carboxylic acids is 1. The number of rotatable bonds is 3. The van der Waals surface area contributed by atoms with Crippen LogP contribution >= 0.6 is 0 Å². The first-order chi connectivity index (χ1) is 8.19. The van der Waals surface area contributed by atoms with Gasteiger partial charge in [0.2, 0.25) is 0 Å². The van der Waals surface area contributed by atoms with Crippen LogP contribution in [0.1, 0.15) is 40.0 Å². The van der Waals surface area contributed by atoms with Gasteiger partial charge in [-0.1, -0.05) is 20.8 Å². The van der Waals surface area contributed by atoms with E-state index in [-0.39, 0.29) is 23.4 Å². The summed E-state index contributed by atoms with van der Waals surface area (Å²) in [6.45, 7) is 6.90. The molecule has 2 amide bonds. The predicted octanol–water partition coefficient (Wildman–Crippen LogP) is 1.93. The van der Waals surface area contributed by atoms with E-state index in [0.717, 1.165) is 6.42 Å². The molecule has 1 saturated carbocycles. The maximum absolute atomic E-state index is 11.9. The van der Waals surface area contributed by atoms with Gasteiger partial charge in [-0.05, 0) is 24.7 Å². The predicted molar refractivity (Wildman–Crippen MR) is 69.4 cm³/mol. The monoisotopic (exact) mass is 256 g/mol. The number of nitrogens with zero attached hydrogens (tertiary/aromatic N) is 1. The Labute approximate surface area is 109 Å². The lowest BCUT2D eigenvalue weighted by Crippen LogP contribution is -2.45.